The molecule has 0 radical (unpaired) electrons. The molecule has 2 saturated heterocycles. The molecular formula is C19H20N2O3S. The minimum absolute atomic E-state index is 0.0170. The molecule has 0 bridgehead atoms. The first-order valence-electron chi connectivity index (χ1n) is 8.47. The lowest BCUT2D eigenvalue weighted by molar-refractivity contribution is 0.255. The first-order valence-corrected chi connectivity index (χ1v) is 10.3. The Morgan fingerprint density at radius 1 is 0.920 bits per heavy atom. The predicted octanol–water partition coefficient (Wildman–Crippen LogP) is 2.86. The Bertz CT molecular complexity index is 911. The minimum atomic E-state index is -3.17. The van der Waals surface area contributed by atoms with Gasteiger partial charge >= 0.3 is 6.03 Å². The molecule has 2 fully saturated rings. The minimum Gasteiger partial charge on any atom is -0.288 e. The molecular weight excluding hydrogens is 336 g/mol. The number of rotatable bonds is 3. The van der Waals surface area contributed by atoms with Crippen LogP contribution in [0.5, 0.6) is 0 Å². The monoisotopic (exact) mass is 356 g/mol. The highest BCUT2D eigenvalue weighted by atomic mass is 32.2. The molecule has 6 heteroatoms. The maximum Gasteiger partial charge on any atom is 0.329 e. The van der Waals surface area contributed by atoms with Crippen molar-refractivity contribution < 1.29 is 13.2 Å². The van der Waals surface area contributed by atoms with Gasteiger partial charge in [0.05, 0.1) is 23.6 Å². The molecule has 130 valence electrons. The van der Waals surface area contributed by atoms with Crippen molar-refractivity contribution in [1.29, 1.82) is 0 Å². The van der Waals surface area contributed by atoms with Crippen molar-refractivity contribution in [3.05, 3.63) is 60.2 Å². The van der Waals surface area contributed by atoms with E-state index in [0.29, 0.717) is 0 Å². The molecule has 0 unspecified atom stereocenters. The maximum atomic E-state index is 13.3. The third-order valence-electron chi connectivity index (χ3n) is 5.04. The highest BCUT2D eigenvalue weighted by molar-refractivity contribution is 7.91. The zero-order chi connectivity index (χ0) is 17.6. The number of hydrogen-bond donors (Lipinski definition) is 0. The summed E-state index contributed by atoms with van der Waals surface area (Å²) in [5.41, 5.74) is 2.62. The fourth-order valence-corrected chi connectivity index (χ4v) is 5.84. The van der Waals surface area contributed by atoms with E-state index in [1.165, 1.54) is 0 Å². The number of urea groups is 1. The second kappa shape index (κ2) is 5.88. The van der Waals surface area contributed by atoms with Gasteiger partial charge in [0.1, 0.15) is 0 Å². The summed E-state index contributed by atoms with van der Waals surface area (Å²) in [5.74, 6) is 0.0356. The molecule has 4 rings (SSSR count). The van der Waals surface area contributed by atoms with Crippen LogP contribution >= 0.6 is 0 Å². The lowest BCUT2D eigenvalue weighted by Gasteiger charge is -2.24. The van der Waals surface area contributed by atoms with E-state index in [9.17, 15) is 13.2 Å². The van der Waals surface area contributed by atoms with Crippen molar-refractivity contribution in [3.63, 3.8) is 0 Å². The molecule has 2 aromatic rings. The first-order chi connectivity index (χ1) is 12.0. The van der Waals surface area contributed by atoms with Crippen molar-refractivity contribution >= 4 is 27.2 Å². The Balaban J connectivity index is 1.84. The summed E-state index contributed by atoms with van der Waals surface area (Å²) < 4.78 is 24.6. The Labute approximate surface area is 147 Å². The number of carbonyl (C=O) groups is 1. The molecule has 0 spiro atoms. The molecule has 2 heterocycles. The summed E-state index contributed by atoms with van der Waals surface area (Å²) in [5, 5.41) is 0. The SMILES string of the molecule is CCc1ccccc1N1C(=O)N(c2ccccc2)[C@@H]2CS(=O)(=O)C[C@H]21. The quantitative estimate of drug-likeness (QED) is 0.795. The molecule has 2 atom stereocenters. The number of carbonyl (C=O) groups excluding carboxylic acids is 1. The number of para-hydroxylation sites is 2. The molecule has 0 aromatic heterocycles. The van der Waals surface area contributed by atoms with E-state index in [2.05, 4.69) is 0 Å². The zero-order valence-electron chi connectivity index (χ0n) is 14.0. The van der Waals surface area contributed by atoms with Crippen LogP contribution in [0.15, 0.2) is 54.6 Å². The number of aryl methyl sites for hydroxylation is 1. The number of sulfone groups is 1. The fraction of sp³-hybridized carbons (Fsp3) is 0.316. The van der Waals surface area contributed by atoms with E-state index in [-0.39, 0.29) is 29.6 Å². The largest absolute Gasteiger partial charge is 0.329 e. The van der Waals surface area contributed by atoms with Crippen LogP contribution in [-0.4, -0.2) is 38.0 Å². The molecule has 2 amide bonds. The van der Waals surface area contributed by atoms with Crippen molar-refractivity contribution in [1.82, 2.24) is 0 Å². The Kier molecular flexibility index (Phi) is 3.80. The van der Waals surface area contributed by atoms with Gasteiger partial charge in [-0.15, -0.1) is 0 Å². The lowest BCUT2D eigenvalue weighted by Crippen LogP contribution is -2.38. The highest BCUT2D eigenvalue weighted by Crippen LogP contribution is 2.39. The van der Waals surface area contributed by atoms with Gasteiger partial charge in [0.25, 0.3) is 0 Å². The molecule has 2 aliphatic rings. The van der Waals surface area contributed by atoms with E-state index in [1.54, 1.807) is 9.80 Å². The second-order valence-electron chi connectivity index (χ2n) is 6.55. The average Bonchev–Trinajstić information content (AvgIpc) is 3.04. The van der Waals surface area contributed by atoms with E-state index in [1.807, 2.05) is 61.5 Å². The van der Waals surface area contributed by atoms with Gasteiger partial charge in [-0.05, 0) is 30.2 Å². The molecule has 0 N–H and O–H groups in total. The van der Waals surface area contributed by atoms with E-state index in [4.69, 9.17) is 0 Å². The average molecular weight is 356 g/mol. The fourth-order valence-electron chi connectivity index (χ4n) is 3.92. The van der Waals surface area contributed by atoms with E-state index in [0.717, 1.165) is 23.4 Å². The molecule has 2 aliphatic heterocycles. The van der Waals surface area contributed by atoms with Crippen molar-refractivity contribution in [3.8, 4) is 0 Å². The van der Waals surface area contributed by atoms with Crippen LogP contribution in [0.25, 0.3) is 0 Å². The summed E-state index contributed by atoms with van der Waals surface area (Å²) >= 11 is 0. The van der Waals surface area contributed by atoms with Gasteiger partial charge in [-0.25, -0.2) is 13.2 Å². The number of amides is 2. The van der Waals surface area contributed by atoms with E-state index < -0.39 is 9.84 Å². The lowest BCUT2D eigenvalue weighted by atomic mass is 10.1. The second-order valence-corrected chi connectivity index (χ2v) is 8.71. The standard InChI is InChI=1S/C19H20N2O3S/c1-2-14-8-6-7-11-16(14)21-18-13-25(23,24)12-17(18)20(19(21)22)15-9-4-3-5-10-15/h3-11,17-18H,2,12-13H2,1H3/t17-,18-/m1/s1. The Hall–Kier alpha value is -2.34. The zero-order valence-corrected chi connectivity index (χ0v) is 14.8. The normalized spacial score (nSPS) is 24.6. The highest BCUT2D eigenvalue weighted by Gasteiger charge is 2.54. The number of nitrogens with zero attached hydrogens (tertiary/aromatic N) is 2. The van der Waals surface area contributed by atoms with Crippen LogP contribution in [0, 0.1) is 0 Å². The van der Waals surface area contributed by atoms with Crippen LogP contribution in [0.4, 0.5) is 16.2 Å². The molecule has 0 saturated carbocycles. The molecule has 2 aromatic carbocycles. The molecule has 0 aliphatic carbocycles. The number of fused-ring (bicyclic) bond motifs is 1. The molecule has 25 heavy (non-hydrogen) atoms. The number of benzene rings is 2. The van der Waals surface area contributed by atoms with Gasteiger partial charge in [0, 0.05) is 11.4 Å². The Morgan fingerprint density at radius 2 is 1.52 bits per heavy atom. The number of anilines is 2. The summed E-state index contributed by atoms with van der Waals surface area (Å²) in [4.78, 5) is 16.6. The van der Waals surface area contributed by atoms with Crippen LogP contribution in [0.3, 0.4) is 0 Å². The van der Waals surface area contributed by atoms with Crippen molar-refractivity contribution in [2.24, 2.45) is 0 Å². The van der Waals surface area contributed by atoms with Crippen LogP contribution in [0.1, 0.15) is 12.5 Å². The summed E-state index contributed by atoms with van der Waals surface area (Å²) in [6, 6.07) is 16.2. The predicted molar refractivity (Wildman–Crippen MR) is 98.8 cm³/mol. The molecule has 5 nitrogen and oxygen atoms in total. The third-order valence-corrected chi connectivity index (χ3v) is 6.73. The topological polar surface area (TPSA) is 57.7 Å². The smallest absolute Gasteiger partial charge is 0.288 e. The third kappa shape index (κ3) is 2.61. The van der Waals surface area contributed by atoms with Gasteiger partial charge in [0.2, 0.25) is 0 Å². The first kappa shape index (κ1) is 16.1. The summed E-state index contributed by atoms with van der Waals surface area (Å²) in [6.07, 6.45) is 0.787. The summed E-state index contributed by atoms with van der Waals surface area (Å²) in [7, 11) is -3.17. The van der Waals surface area contributed by atoms with Crippen LogP contribution in [-0.2, 0) is 16.3 Å². The van der Waals surface area contributed by atoms with Crippen LogP contribution < -0.4 is 9.80 Å². The Morgan fingerprint density at radius 3 is 2.20 bits per heavy atom. The van der Waals surface area contributed by atoms with Gasteiger partial charge in [-0.3, -0.25) is 9.80 Å². The van der Waals surface area contributed by atoms with Gasteiger partial charge < -0.3 is 0 Å². The van der Waals surface area contributed by atoms with Gasteiger partial charge in [-0.2, -0.15) is 0 Å². The van der Waals surface area contributed by atoms with Crippen LogP contribution in [0.2, 0.25) is 0 Å². The number of hydrogen-bond acceptors (Lipinski definition) is 3. The van der Waals surface area contributed by atoms with Gasteiger partial charge in [-0.1, -0.05) is 43.3 Å². The van der Waals surface area contributed by atoms with E-state index >= 15 is 0 Å². The van der Waals surface area contributed by atoms with Gasteiger partial charge in [0.15, 0.2) is 9.84 Å². The summed E-state index contributed by atoms with van der Waals surface area (Å²) in [6.45, 7) is 2.04. The maximum absolute atomic E-state index is 13.3. The van der Waals surface area contributed by atoms with Crippen molar-refractivity contribution in [2.75, 3.05) is 21.3 Å². The van der Waals surface area contributed by atoms with Crippen molar-refractivity contribution in [2.45, 2.75) is 25.4 Å².